The second kappa shape index (κ2) is 6.68. The molecule has 0 spiro atoms. The van der Waals surface area contributed by atoms with Crippen LogP contribution >= 0.6 is 0 Å². The van der Waals surface area contributed by atoms with Crippen LogP contribution in [-0.2, 0) is 20.1 Å². The van der Waals surface area contributed by atoms with Gasteiger partial charge < -0.3 is 9.67 Å². The summed E-state index contributed by atoms with van der Waals surface area (Å²) in [6.45, 7) is 8.10. The van der Waals surface area contributed by atoms with Gasteiger partial charge in [0.05, 0.1) is 17.9 Å². The maximum absolute atomic E-state index is 10.5. The molecule has 2 aromatic heterocycles. The van der Waals surface area contributed by atoms with Gasteiger partial charge in [0.25, 0.3) is 0 Å². The van der Waals surface area contributed by atoms with Crippen molar-refractivity contribution in [2.45, 2.75) is 39.5 Å². The molecule has 6 heteroatoms. The number of imidazole rings is 1. The normalized spacial score (nSPS) is 16.2. The van der Waals surface area contributed by atoms with E-state index < -0.39 is 6.10 Å². The van der Waals surface area contributed by atoms with Crippen molar-refractivity contribution in [2.75, 3.05) is 13.1 Å². The molecule has 0 saturated carbocycles. The number of hydrogen-bond acceptors (Lipinski definition) is 4. The fourth-order valence-electron chi connectivity index (χ4n) is 2.98. The van der Waals surface area contributed by atoms with E-state index in [1.807, 2.05) is 28.6 Å². The Bertz CT molecular complexity index is 696. The topological polar surface area (TPSA) is 59.1 Å². The molecule has 1 atom stereocenters. The molecule has 1 aliphatic heterocycles. The molecule has 3 heterocycles. The number of aryl methyl sites for hydroxylation is 1. The first kappa shape index (κ1) is 16.0. The molecule has 0 unspecified atom stereocenters. The highest BCUT2D eigenvalue weighted by molar-refractivity contribution is 5.19. The first-order valence-electron chi connectivity index (χ1n) is 8.12. The van der Waals surface area contributed by atoms with Crippen molar-refractivity contribution >= 4 is 0 Å². The summed E-state index contributed by atoms with van der Waals surface area (Å²) in [5.41, 5.74) is 3.21. The molecule has 2 aromatic rings. The van der Waals surface area contributed by atoms with E-state index in [1.165, 1.54) is 5.57 Å². The summed E-state index contributed by atoms with van der Waals surface area (Å²) in [6, 6.07) is 2.01. The lowest BCUT2D eigenvalue weighted by Crippen LogP contribution is -2.34. The molecule has 0 radical (unpaired) electrons. The fourth-order valence-corrected chi connectivity index (χ4v) is 2.98. The Morgan fingerprint density at radius 2 is 2.22 bits per heavy atom. The molecular formula is C17H25N5O. The predicted octanol–water partition coefficient (Wildman–Crippen LogP) is 1.87. The van der Waals surface area contributed by atoms with Crippen LogP contribution in [0.25, 0.3) is 0 Å². The maximum atomic E-state index is 10.5. The second-order valence-electron chi connectivity index (χ2n) is 6.43. The van der Waals surface area contributed by atoms with Crippen LogP contribution in [0.3, 0.4) is 0 Å². The van der Waals surface area contributed by atoms with Gasteiger partial charge in [-0.1, -0.05) is 11.6 Å². The van der Waals surface area contributed by atoms with Crippen LogP contribution in [0.4, 0.5) is 0 Å². The summed E-state index contributed by atoms with van der Waals surface area (Å²) in [4.78, 5) is 6.65. The zero-order valence-electron chi connectivity index (χ0n) is 14.1. The molecule has 0 aromatic carbocycles. The molecule has 0 bridgehead atoms. The van der Waals surface area contributed by atoms with Gasteiger partial charge in [0.1, 0.15) is 5.82 Å². The Labute approximate surface area is 137 Å². The van der Waals surface area contributed by atoms with E-state index in [1.54, 1.807) is 6.20 Å². The van der Waals surface area contributed by atoms with Crippen LogP contribution in [0.2, 0.25) is 0 Å². The molecule has 23 heavy (non-hydrogen) atoms. The number of nitrogens with zero attached hydrogens (tertiary/aromatic N) is 5. The molecular weight excluding hydrogens is 290 g/mol. The minimum atomic E-state index is -0.771. The highest BCUT2D eigenvalue weighted by Crippen LogP contribution is 2.22. The molecule has 1 aliphatic rings. The Morgan fingerprint density at radius 1 is 1.39 bits per heavy atom. The predicted molar refractivity (Wildman–Crippen MR) is 88.8 cm³/mol. The molecule has 0 aliphatic carbocycles. The van der Waals surface area contributed by atoms with Gasteiger partial charge in [-0.25, -0.2) is 4.98 Å². The zero-order valence-corrected chi connectivity index (χ0v) is 14.1. The standard InChI is InChI=1S/C17H25N5O/c1-13(2)5-4-7-21-9-10-22-14(12-21)11-15(19-22)16(23)17-18-6-8-20(17)3/h5-6,8,11,16,23H,4,7,9-10,12H2,1-3H3/t16-/m0/s1. The zero-order chi connectivity index (χ0) is 16.4. The number of aliphatic hydroxyl groups excluding tert-OH is 1. The number of rotatable bonds is 5. The van der Waals surface area contributed by atoms with Gasteiger partial charge in [0.2, 0.25) is 0 Å². The van der Waals surface area contributed by atoms with Gasteiger partial charge in [0, 0.05) is 39.1 Å². The third-order valence-electron chi connectivity index (χ3n) is 4.28. The lowest BCUT2D eigenvalue weighted by molar-refractivity contribution is 0.197. The number of allylic oxidation sites excluding steroid dienone is 1. The maximum Gasteiger partial charge on any atom is 0.155 e. The van der Waals surface area contributed by atoms with Crippen molar-refractivity contribution in [1.29, 1.82) is 0 Å². The number of aliphatic hydroxyl groups is 1. The molecule has 0 saturated heterocycles. The lowest BCUT2D eigenvalue weighted by Gasteiger charge is -2.27. The fraction of sp³-hybridized carbons (Fsp3) is 0.529. The Morgan fingerprint density at radius 3 is 2.91 bits per heavy atom. The molecule has 0 fully saturated rings. The van der Waals surface area contributed by atoms with Gasteiger partial charge in [-0.15, -0.1) is 0 Å². The Kier molecular flexibility index (Phi) is 4.63. The van der Waals surface area contributed by atoms with Gasteiger partial charge >= 0.3 is 0 Å². The van der Waals surface area contributed by atoms with E-state index in [-0.39, 0.29) is 0 Å². The smallest absolute Gasteiger partial charge is 0.155 e. The van der Waals surface area contributed by atoms with Gasteiger partial charge in [-0.3, -0.25) is 9.58 Å². The summed E-state index contributed by atoms with van der Waals surface area (Å²) in [5, 5.41) is 15.1. The quantitative estimate of drug-likeness (QED) is 0.856. The van der Waals surface area contributed by atoms with Crippen LogP contribution in [0, 0.1) is 0 Å². The van der Waals surface area contributed by atoms with Gasteiger partial charge in [-0.2, -0.15) is 5.10 Å². The van der Waals surface area contributed by atoms with E-state index in [4.69, 9.17) is 0 Å². The first-order chi connectivity index (χ1) is 11.0. The largest absolute Gasteiger partial charge is 0.379 e. The average Bonchev–Trinajstić information content (AvgIpc) is 3.11. The third kappa shape index (κ3) is 3.54. The second-order valence-corrected chi connectivity index (χ2v) is 6.43. The summed E-state index contributed by atoms with van der Waals surface area (Å²) < 4.78 is 3.84. The molecule has 3 rings (SSSR count). The van der Waals surface area contributed by atoms with Crippen molar-refractivity contribution in [1.82, 2.24) is 24.2 Å². The van der Waals surface area contributed by atoms with Gasteiger partial charge in [0.15, 0.2) is 6.10 Å². The SMILES string of the molecule is CC(C)=CCCN1CCn2nc([C@H](O)c3nccn3C)cc2C1. The summed E-state index contributed by atoms with van der Waals surface area (Å²) >= 11 is 0. The van der Waals surface area contributed by atoms with E-state index >= 15 is 0 Å². The van der Waals surface area contributed by atoms with Crippen molar-refractivity contribution in [3.05, 3.63) is 47.3 Å². The van der Waals surface area contributed by atoms with Gasteiger partial charge in [-0.05, 0) is 26.3 Å². The van der Waals surface area contributed by atoms with E-state index in [9.17, 15) is 5.11 Å². The van der Waals surface area contributed by atoms with Crippen LogP contribution in [0.1, 0.15) is 43.6 Å². The van der Waals surface area contributed by atoms with Crippen molar-refractivity contribution in [2.24, 2.45) is 7.05 Å². The molecule has 0 amide bonds. The summed E-state index contributed by atoms with van der Waals surface area (Å²) in [7, 11) is 1.88. The molecule has 6 nitrogen and oxygen atoms in total. The third-order valence-corrected chi connectivity index (χ3v) is 4.28. The van der Waals surface area contributed by atoms with E-state index in [0.717, 1.165) is 38.3 Å². The number of hydrogen-bond donors (Lipinski definition) is 1. The first-order valence-corrected chi connectivity index (χ1v) is 8.12. The minimum absolute atomic E-state index is 0.626. The van der Waals surface area contributed by atoms with E-state index in [0.29, 0.717) is 11.5 Å². The Balaban J connectivity index is 1.69. The monoisotopic (exact) mass is 315 g/mol. The minimum Gasteiger partial charge on any atom is -0.379 e. The van der Waals surface area contributed by atoms with Crippen LogP contribution < -0.4 is 0 Å². The van der Waals surface area contributed by atoms with Crippen LogP contribution in [0.15, 0.2) is 30.1 Å². The highest BCUT2D eigenvalue weighted by Gasteiger charge is 2.23. The van der Waals surface area contributed by atoms with Crippen LogP contribution in [-0.4, -0.2) is 42.4 Å². The van der Waals surface area contributed by atoms with E-state index in [2.05, 4.69) is 34.9 Å². The highest BCUT2D eigenvalue weighted by atomic mass is 16.3. The number of fused-ring (bicyclic) bond motifs is 1. The van der Waals surface area contributed by atoms with Crippen LogP contribution in [0.5, 0.6) is 0 Å². The summed E-state index contributed by atoms with van der Waals surface area (Å²) in [6.07, 6.45) is 6.12. The van der Waals surface area contributed by atoms with Crippen molar-refractivity contribution in [3.8, 4) is 0 Å². The number of aromatic nitrogens is 4. The average molecular weight is 315 g/mol. The Hall–Kier alpha value is -1.92. The van der Waals surface area contributed by atoms with Crippen molar-refractivity contribution in [3.63, 3.8) is 0 Å². The van der Waals surface area contributed by atoms with Crippen molar-refractivity contribution < 1.29 is 5.11 Å². The molecule has 124 valence electrons. The lowest BCUT2D eigenvalue weighted by atomic mass is 10.2. The summed E-state index contributed by atoms with van der Waals surface area (Å²) in [5.74, 6) is 0.626. The molecule has 1 N–H and O–H groups in total.